The van der Waals surface area contributed by atoms with E-state index >= 15 is 0 Å². The molecule has 0 aliphatic carbocycles. The van der Waals surface area contributed by atoms with Gasteiger partial charge in [-0.15, -0.1) is 0 Å². The fourth-order valence-corrected chi connectivity index (χ4v) is 4.55. The molecule has 0 spiro atoms. The summed E-state index contributed by atoms with van der Waals surface area (Å²) in [5.74, 6) is 0.263. The van der Waals surface area contributed by atoms with Gasteiger partial charge < -0.3 is 10.6 Å². The van der Waals surface area contributed by atoms with Crippen LogP contribution in [0.5, 0.6) is 0 Å². The van der Waals surface area contributed by atoms with E-state index in [-0.39, 0.29) is 11.8 Å². The molecule has 1 fully saturated rings. The number of hydrogen-bond acceptors (Lipinski definition) is 4. The minimum Gasteiger partial charge on any atom is -0.319 e. The van der Waals surface area contributed by atoms with Crippen molar-refractivity contribution in [3.8, 4) is 0 Å². The van der Waals surface area contributed by atoms with Gasteiger partial charge in [0.25, 0.3) is 5.91 Å². The zero-order chi connectivity index (χ0) is 21.6. The second-order valence-electron chi connectivity index (χ2n) is 8.68. The molecule has 1 atom stereocenters. The fraction of sp³-hybridized carbons (Fsp3) is 0.480. The van der Waals surface area contributed by atoms with Crippen molar-refractivity contribution in [2.24, 2.45) is 0 Å². The van der Waals surface area contributed by atoms with Gasteiger partial charge in [-0.1, -0.05) is 31.7 Å². The molecule has 1 aromatic heterocycles. The standard InChI is InChI=1S/C25H32N4O2/c1-18-13-14-20-22(17-18)29(24-21(28-25(20)31)11-8-16-27-24)23(30)12-6-2-4-9-19-10-5-3-7-15-26-19/h8,11,13-14,16-17,19,26H,2-7,9-10,12,15H2,1H3,(H,28,31). The number of unbranched alkanes of at least 4 members (excludes halogenated alkanes) is 2. The largest absolute Gasteiger partial charge is 0.319 e. The van der Waals surface area contributed by atoms with Crippen LogP contribution in [0, 0.1) is 6.92 Å². The predicted octanol–water partition coefficient (Wildman–Crippen LogP) is 5.10. The molecule has 31 heavy (non-hydrogen) atoms. The molecule has 6 nitrogen and oxygen atoms in total. The Morgan fingerprint density at radius 3 is 2.97 bits per heavy atom. The van der Waals surface area contributed by atoms with E-state index in [0.717, 1.165) is 31.4 Å². The van der Waals surface area contributed by atoms with E-state index in [1.165, 1.54) is 32.1 Å². The summed E-state index contributed by atoms with van der Waals surface area (Å²) in [6.07, 6.45) is 11.5. The number of benzene rings is 1. The lowest BCUT2D eigenvalue weighted by atomic mass is 10.0. The lowest BCUT2D eigenvalue weighted by Gasteiger charge is -2.23. The van der Waals surface area contributed by atoms with Crippen LogP contribution in [0.4, 0.5) is 17.2 Å². The summed E-state index contributed by atoms with van der Waals surface area (Å²) in [5.41, 5.74) is 2.67. The van der Waals surface area contributed by atoms with Crippen LogP contribution >= 0.6 is 0 Å². The molecule has 1 saturated heterocycles. The van der Waals surface area contributed by atoms with Crippen molar-refractivity contribution in [1.29, 1.82) is 0 Å². The van der Waals surface area contributed by atoms with E-state index in [2.05, 4.69) is 15.6 Å². The van der Waals surface area contributed by atoms with E-state index in [1.54, 1.807) is 29.3 Å². The van der Waals surface area contributed by atoms with Gasteiger partial charge in [0.1, 0.15) is 0 Å². The second-order valence-corrected chi connectivity index (χ2v) is 8.68. The number of aromatic nitrogens is 1. The Bertz CT molecular complexity index is 935. The van der Waals surface area contributed by atoms with E-state index in [0.29, 0.717) is 35.2 Å². The molecule has 0 saturated carbocycles. The number of aryl methyl sites for hydroxylation is 1. The molecular weight excluding hydrogens is 388 g/mol. The number of hydrogen-bond donors (Lipinski definition) is 2. The number of anilines is 3. The summed E-state index contributed by atoms with van der Waals surface area (Å²) in [7, 11) is 0. The molecule has 0 bridgehead atoms. The van der Waals surface area contributed by atoms with Gasteiger partial charge in [-0.05, 0) is 69.0 Å². The van der Waals surface area contributed by atoms with Crippen molar-refractivity contribution >= 4 is 29.0 Å². The third-order valence-electron chi connectivity index (χ3n) is 6.24. The SMILES string of the molecule is Cc1ccc2c(c1)N(C(=O)CCCCCC1CCCCCN1)c1ncccc1NC2=O. The predicted molar refractivity (Wildman–Crippen MR) is 124 cm³/mol. The first kappa shape index (κ1) is 21.5. The van der Waals surface area contributed by atoms with E-state index in [4.69, 9.17) is 0 Å². The van der Waals surface area contributed by atoms with Crippen molar-refractivity contribution < 1.29 is 9.59 Å². The number of pyridine rings is 1. The zero-order valence-corrected chi connectivity index (χ0v) is 18.3. The molecule has 2 N–H and O–H groups in total. The van der Waals surface area contributed by atoms with Crippen molar-refractivity contribution in [2.45, 2.75) is 70.8 Å². The molecule has 3 heterocycles. The summed E-state index contributed by atoms with van der Waals surface area (Å²) < 4.78 is 0. The average molecular weight is 421 g/mol. The molecule has 4 rings (SSSR count). The van der Waals surface area contributed by atoms with Crippen LogP contribution in [0.15, 0.2) is 36.5 Å². The highest BCUT2D eigenvalue weighted by atomic mass is 16.2. The highest BCUT2D eigenvalue weighted by molar-refractivity contribution is 6.17. The maximum atomic E-state index is 13.3. The maximum Gasteiger partial charge on any atom is 0.257 e. The van der Waals surface area contributed by atoms with Crippen LogP contribution in [0.2, 0.25) is 0 Å². The van der Waals surface area contributed by atoms with Gasteiger partial charge >= 0.3 is 0 Å². The van der Waals surface area contributed by atoms with Crippen LogP contribution in [0.3, 0.4) is 0 Å². The van der Waals surface area contributed by atoms with Crippen molar-refractivity contribution in [3.63, 3.8) is 0 Å². The number of amides is 2. The van der Waals surface area contributed by atoms with E-state index in [9.17, 15) is 9.59 Å². The minimum atomic E-state index is -0.213. The Hall–Kier alpha value is -2.73. The Labute approximate surface area is 184 Å². The summed E-state index contributed by atoms with van der Waals surface area (Å²) in [6, 6.07) is 9.77. The number of fused-ring (bicyclic) bond motifs is 2. The van der Waals surface area contributed by atoms with Crippen LogP contribution < -0.4 is 15.5 Å². The molecule has 2 aromatic rings. The third-order valence-corrected chi connectivity index (χ3v) is 6.24. The minimum absolute atomic E-state index is 0.0177. The van der Waals surface area contributed by atoms with Gasteiger partial charge in [-0.2, -0.15) is 0 Å². The number of rotatable bonds is 6. The van der Waals surface area contributed by atoms with E-state index in [1.807, 2.05) is 19.1 Å². The summed E-state index contributed by atoms with van der Waals surface area (Å²) in [4.78, 5) is 32.1. The smallest absolute Gasteiger partial charge is 0.257 e. The number of nitrogens with zero attached hydrogens (tertiary/aromatic N) is 2. The fourth-order valence-electron chi connectivity index (χ4n) is 4.55. The topological polar surface area (TPSA) is 74.3 Å². The first-order valence-corrected chi connectivity index (χ1v) is 11.6. The molecule has 1 aromatic carbocycles. The number of carbonyl (C=O) groups is 2. The molecule has 2 amide bonds. The second kappa shape index (κ2) is 10.1. The molecule has 2 aliphatic heterocycles. The molecule has 6 heteroatoms. The summed E-state index contributed by atoms with van der Waals surface area (Å²) in [5, 5.41) is 6.55. The lowest BCUT2D eigenvalue weighted by Crippen LogP contribution is -2.28. The van der Waals surface area contributed by atoms with E-state index < -0.39 is 0 Å². The van der Waals surface area contributed by atoms with Crippen molar-refractivity contribution in [1.82, 2.24) is 10.3 Å². The molecular formula is C25H32N4O2. The molecule has 0 radical (unpaired) electrons. The lowest BCUT2D eigenvalue weighted by molar-refractivity contribution is -0.118. The Kier molecular flexibility index (Phi) is 6.97. The Morgan fingerprint density at radius 2 is 2.06 bits per heavy atom. The van der Waals surface area contributed by atoms with Crippen molar-refractivity contribution in [2.75, 3.05) is 16.8 Å². The summed E-state index contributed by atoms with van der Waals surface area (Å²) in [6.45, 7) is 3.10. The maximum absolute atomic E-state index is 13.3. The summed E-state index contributed by atoms with van der Waals surface area (Å²) >= 11 is 0. The first-order valence-electron chi connectivity index (χ1n) is 11.6. The van der Waals surface area contributed by atoms with Gasteiger partial charge in [0.15, 0.2) is 5.82 Å². The van der Waals surface area contributed by atoms with Crippen LogP contribution in [0.1, 0.15) is 73.7 Å². The number of nitrogens with one attached hydrogen (secondary N) is 2. The van der Waals surface area contributed by atoms with Gasteiger partial charge in [0.05, 0.1) is 16.9 Å². The molecule has 1 unspecified atom stereocenters. The Balaban J connectivity index is 1.44. The highest BCUT2D eigenvalue weighted by Crippen LogP contribution is 2.37. The first-order chi connectivity index (χ1) is 15.1. The monoisotopic (exact) mass is 420 g/mol. The molecule has 164 valence electrons. The van der Waals surface area contributed by atoms with Gasteiger partial charge in [0.2, 0.25) is 5.91 Å². The normalized spacial score (nSPS) is 18.4. The highest BCUT2D eigenvalue weighted by Gasteiger charge is 2.30. The Morgan fingerprint density at radius 1 is 1.16 bits per heavy atom. The van der Waals surface area contributed by atoms with Crippen molar-refractivity contribution in [3.05, 3.63) is 47.7 Å². The van der Waals surface area contributed by atoms with Gasteiger partial charge in [0, 0.05) is 18.7 Å². The average Bonchev–Trinajstić information content (AvgIpc) is 3.09. The van der Waals surface area contributed by atoms with Crippen LogP contribution in [-0.4, -0.2) is 29.4 Å². The quantitative estimate of drug-likeness (QED) is 0.638. The third kappa shape index (κ3) is 5.13. The van der Waals surface area contributed by atoms with Gasteiger partial charge in [-0.25, -0.2) is 4.98 Å². The number of carbonyl (C=O) groups excluding carboxylic acids is 2. The van der Waals surface area contributed by atoms with Crippen LogP contribution in [0.25, 0.3) is 0 Å². The zero-order valence-electron chi connectivity index (χ0n) is 18.3. The molecule has 2 aliphatic rings. The van der Waals surface area contributed by atoms with Crippen LogP contribution in [-0.2, 0) is 4.79 Å². The van der Waals surface area contributed by atoms with Gasteiger partial charge in [-0.3, -0.25) is 14.5 Å².